The number of hydrogen-bond donors (Lipinski definition) is 1. The van der Waals surface area contributed by atoms with Crippen molar-refractivity contribution < 1.29 is 4.79 Å². The average Bonchev–Trinajstić information content (AvgIpc) is 2.66. The summed E-state index contributed by atoms with van der Waals surface area (Å²) in [7, 11) is 0. The zero-order valence-corrected chi connectivity index (χ0v) is 12.3. The normalized spacial score (nSPS) is 12.2. The zero-order chi connectivity index (χ0) is 14.8. The fourth-order valence-corrected chi connectivity index (χ4v) is 1.97. The van der Waals surface area contributed by atoms with Gasteiger partial charge >= 0.3 is 0 Å². The lowest BCUT2D eigenvalue weighted by molar-refractivity contribution is -0.117. The van der Waals surface area contributed by atoms with Gasteiger partial charge in [0, 0.05) is 18.8 Å². The molecule has 2 aromatic rings. The monoisotopic (exact) mass is 272 g/mol. The van der Waals surface area contributed by atoms with Crippen LogP contribution >= 0.6 is 0 Å². The van der Waals surface area contributed by atoms with Crippen LogP contribution in [0.5, 0.6) is 0 Å². The van der Waals surface area contributed by atoms with Crippen LogP contribution in [0.1, 0.15) is 39.7 Å². The molecule has 20 heavy (non-hydrogen) atoms. The summed E-state index contributed by atoms with van der Waals surface area (Å²) in [6, 6.07) is 1.81. The second kappa shape index (κ2) is 5.45. The molecule has 0 aliphatic carbocycles. The molecule has 2 rings (SSSR count). The molecule has 2 aromatic heterocycles. The summed E-state index contributed by atoms with van der Waals surface area (Å²) in [5.74, 6) is 0.516. The number of amides is 1. The van der Waals surface area contributed by atoms with E-state index in [9.17, 15) is 4.79 Å². The van der Waals surface area contributed by atoms with Crippen molar-refractivity contribution in [2.24, 2.45) is 5.41 Å². The third-order valence-electron chi connectivity index (χ3n) is 2.71. The molecule has 0 spiro atoms. The molecule has 0 atom stereocenters. The van der Waals surface area contributed by atoms with E-state index in [1.54, 1.807) is 16.8 Å². The molecular weight excluding hydrogens is 252 g/mol. The molecule has 0 aromatic carbocycles. The van der Waals surface area contributed by atoms with Crippen LogP contribution < -0.4 is 5.32 Å². The molecular formula is C15H20N4O. The minimum absolute atomic E-state index is 0.0355. The van der Waals surface area contributed by atoms with Crippen molar-refractivity contribution in [1.29, 1.82) is 0 Å². The van der Waals surface area contributed by atoms with E-state index in [4.69, 9.17) is 0 Å². The maximum atomic E-state index is 12.1. The summed E-state index contributed by atoms with van der Waals surface area (Å²) in [5, 5.41) is 7.25. The van der Waals surface area contributed by atoms with Gasteiger partial charge in [-0.1, -0.05) is 32.9 Å². The molecule has 0 saturated carbocycles. The standard InChI is InChI=1S/C15H20N4O/c1-5-7-11-13(17-12(20)10-15(2,3)4)18-19-9-6-8-16-14(11)19/h5-9H,10H2,1-4H3,(H,17,18,20). The highest BCUT2D eigenvalue weighted by Crippen LogP contribution is 2.23. The summed E-state index contributed by atoms with van der Waals surface area (Å²) in [4.78, 5) is 16.4. The first-order chi connectivity index (χ1) is 9.40. The van der Waals surface area contributed by atoms with Gasteiger partial charge < -0.3 is 5.32 Å². The molecule has 5 nitrogen and oxygen atoms in total. The van der Waals surface area contributed by atoms with E-state index >= 15 is 0 Å². The number of rotatable bonds is 3. The van der Waals surface area contributed by atoms with Crippen LogP contribution in [0.3, 0.4) is 0 Å². The lowest BCUT2D eigenvalue weighted by Crippen LogP contribution is -2.20. The third-order valence-corrected chi connectivity index (χ3v) is 2.71. The first kappa shape index (κ1) is 14.2. The van der Waals surface area contributed by atoms with Crippen molar-refractivity contribution in [1.82, 2.24) is 14.6 Å². The molecule has 0 radical (unpaired) electrons. The van der Waals surface area contributed by atoms with Gasteiger partial charge in [-0.25, -0.2) is 9.50 Å². The number of hydrogen-bond acceptors (Lipinski definition) is 3. The summed E-state index contributed by atoms with van der Waals surface area (Å²) < 4.78 is 1.67. The van der Waals surface area contributed by atoms with Crippen LogP contribution in [0, 0.1) is 5.41 Å². The van der Waals surface area contributed by atoms with E-state index in [0.29, 0.717) is 12.2 Å². The molecule has 1 N–H and O–H groups in total. The van der Waals surface area contributed by atoms with E-state index in [-0.39, 0.29) is 11.3 Å². The minimum atomic E-state index is -0.0533. The molecule has 0 saturated heterocycles. The Hall–Kier alpha value is -2.17. The summed E-state index contributed by atoms with van der Waals surface area (Å²) in [5.41, 5.74) is 1.51. The Balaban J connectivity index is 2.34. The Bertz CT molecular complexity index is 649. The fourth-order valence-electron chi connectivity index (χ4n) is 1.97. The summed E-state index contributed by atoms with van der Waals surface area (Å²) in [6.45, 7) is 8.02. The van der Waals surface area contributed by atoms with Gasteiger partial charge in [0.1, 0.15) is 0 Å². The Morgan fingerprint density at radius 2 is 2.20 bits per heavy atom. The smallest absolute Gasteiger partial charge is 0.226 e. The number of fused-ring (bicyclic) bond motifs is 1. The van der Waals surface area contributed by atoms with Gasteiger partial charge in [0.05, 0.1) is 5.56 Å². The molecule has 0 aliphatic heterocycles. The maximum absolute atomic E-state index is 12.1. The molecule has 106 valence electrons. The van der Waals surface area contributed by atoms with E-state index in [2.05, 4.69) is 15.4 Å². The van der Waals surface area contributed by atoms with Crippen LogP contribution in [-0.4, -0.2) is 20.5 Å². The first-order valence-electron chi connectivity index (χ1n) is 6.66. The van der Waals surface area contributed by atoms with Crippen molar-refractivity contribution in [2.45, 2.75) is 34.1 Å². The predicted octanol–water partition coefficient (Wildman–Crippen LogP) is 3.14. The van der Waals surface area contributed by atoms with Gasteiger partial charge in [-0.15, -0.1) is 5.10 Å². The van der Waals surface area contributed by atoms with Gasteiger partial charge in [0.15, 0.2) is 11.5 Å². The Morgan fingerprint density at radius 3 is 2.85 bits per heavy atom. The van der Waals surface area contributed by atoms with Gasteiger partial charge in [0.2, 0.25) is 5.91 Å². The summed E-state index contributed by atoms with van der Waals surface area (Å²) >= 11 is 0. The van der Waals surface area contributed by atoms with Gasteiger partial charge in [-0.05, 0) is 18.4 Å². The highest BCUT2D eigenvalue weighted by Gasteiger charge is 2.19. The first-order valence-corrected chi connectivity index (χ1v) is 6.66. The fraction of sp³-hybridized carbons (Fsp3) is 0.400. The molecule has 2 heterocycles. The van der Waals surface area contributed by atoms with Crippen LogP contribution in [-0.2, 0) is 4.79 Å². The molecule has 1 amide bonds. The van der Waals surface area contributed by atoms with E-state index < -0.39 is 0 Å². The van der Waals surface area contributed by atoms with Crippen molar-refractivity contribution in [3.63, 3.8) is 0 Å². The topological polar surface area (TPSA) is 59.3 Å². The predicted molar refractivity (Wildman–Crippen MR) is 80.4 cm³/mol. The van der Waals surface area contributed by atoms with Crippen molar-refractivity contribution in [3.8, 4) is 0 Å². The highest BCUT2D eigenvalue weighted by atomic mass is 16.1. The Labute approximate surface area is 118 Å². The molecule has 0 bridgehead atoms. The molecule has 0 aliphatic rings. The SMILES string of the molecule is CC=Cc1c(NC(=O)CC(C)(C)C)nn2cccnc12. The van der Waals surface area contributed by atoms with Crippen molar-refractivity contribution in [2.75, 3.05) is 5.32 Å². The maximum Gasteiger partial charge on any atom is 0.226 e. The minimum Gasteiger partial charge on any atom is -0.309 e. The lowest BCUT2D eigenvalue weighted by Gasteiger charge is -2.16. The number of carbonyl (C=O) groups excluding carboxylic acids is 1. The average molecular weight is 272 g/mol. The van der Waals surface area contributed by atoms with Gasteiger partial charge in [-0.2, -0.15) is 0 Å². The van der Waals surface area contributed by atoms with Gasteiger partial charge in [-0.3, -0.25) is 4.79 Å². The lowest BCUT2D eigenvalue weighted by atomic mass is 9.92. The van der Waals surface area contributed by atoms with Crippen LogP contribution in [0.4, 0.5) is 5.82 Å². The Morgan fingerprint density at radius 1 is 1.45 bits per heavy atom. The zero-order valence-electron chi connectivity index (χ0n) is 12.3. The number of nitrogens with zero attached hydrogens (tertiary/aromatic N) is 3. The van der Waals surface area contributed by atoms with Crippen molar-refractivity contribution in [3.05, 3.63) is 30.1 Å². The van der Waals surface area contributed by atoms with E-state index in [1.807, 2.05) is 46.0 Å². The van der Waals surface area contributed by atoms with Crippen LogP contribution in [0.25, 0.3) is 11.7 Å². The second-order valence-corrected chi connectivity index (χ2v) is 5.94. The Kier molecular flexibility index (Phi) is 3.88. The van der Waals surface area contributed by atoms with Crippen LogP contribution in [0.2, 0.25) is 0 Å². The molecule has 5 heteroatoms. The number of allylic oxidation sites excluding steroid dienone is 1. The van der Waals surface area contributed by atoms with E-state index in [0.717, 1.165) is 11.2 Å². The number of anilines is 1. The molecule has 0 unspecified atom stereocenters. The second-order valence-electron chi connectivity index (χ2n) is 5.94. The third kappa shape index (κ3) is 3.23. The number of carbonyl (C=O) groups is 1. The highest BCUT2D eigenvalue weighted by molar-refractivity contribution is 5.93. The largest absolute Gasteiger partial charge is 0.309 e. The van der Waals surface area contributed by atoms with Crippen LogP contribution in [0.15, 0.2) is 24.5 Å². The quantitative estimate of drug-likeness (QED) is 0.933. The van der Waals surface area contributed by atoms with Gasteiger partial charge in [0.25, 0.3) is 0 Å². The van der Waals surface area contributed by atoms with E-state index in [1.165, 1.54) is 0 Å². The summed E-state index contributed by atoms with van der Waals surface area (Å²) in [6.07, 6.45) is 7.79. The number of nitrogens with one attached hydrogen (secondary N) is 1. The number of aromatic nitrogens is 3. The van der Waals surface area contributed by atoms with Crippen molar-refractivity contribution >= 4 is 23.4 Å². The molecule has 0 fully saturated rings.